The van der Waals surface area contributed by atoms with E-state index in [4.69, 9.17) is 4.74 Å². The number of ether oxygens (including phenoxy) is 1. The molecule has 2 N–H and O–H groups in total. The van der Waals surface area contributed by atoms with Gasteiger partial charge in [0.05, 0.1) is 12.2 Å². The number of aromatic nitrogens is 1. The van der Waals surface area contributed by atoms with Crippen molar-refractivity contribution in [2.75, 3.05) is 11.9 Å². The molecule has 0 radical (unpaired) electrons. The molecular weight excluding hydrogens is 282 g/mol. The molecule has 2 aromatic rings. The molecule has 1 heterocycles. The van der Waals surface area contributed by atoms with Crippen molar-refractivity contribution in [3.05, 3.63) is 59.9 Å². The van der Waals surface area contributed by atoms with Gasteiger partial charge in [0.1, 0.15) is 0 Å². The summed E-state index contributed by atoms with van der Waals surface area (Å²) in [7, 11) is 0. The first-order valence-electron chi connectivity index (χ1n) is 6.90. The number of esters is 1. The third-order valence-electron chi connectivity index (χ3n) is 2.86. The Balaban J connectivity index is 1.84. The van der Waals surface area contributed by atoms with Crippen LogP contribution in [-0.2, 0) is 11.3 Å². The number of pyridine rings is 1. The zero-order chi connectivity index (χ0) is 15.8. The molecule has 0 saturated heterocycles. The second-order valence-electron chi connectivity index (χ2n) is 4.46. The number of urea groups is 1. The molecule has 0 fully saturated rings. The molecular formula is C16H17N3O3. The van der Waals surface area contributed by atoms with E-state index in [0.29, 0.717) is 24.4 Å². The average molecular weight is 299 g/mol. The molecule has 6 nitrogen and oxygen atoms in total. The van der Waals surface area contributed by atoms with E-state index in [-0.39, 0.29) is 12.0 Å². The highest BCUT2D eigenvalue weighted by Gasteiger charge is 2.06. The molecule has 0 atom stereocenters. The maximum absolute atomic E-state index is 11.7. The third-order valence-corrected chi connectivity index (χ3v) is 2.86. The minimum atomic E-state index is -0.350. The quantitative estimate of drug-likeness (QED) is 0.832. The second kappa shape index (κ2) is 7.78. The zero-order valence-corrected chi connectivity index (χ0v) is 12.2. The Hall–Kier alpha value is -2.89. The van der Waals surface area contributed by atoms with Crippen LogP contribution in [0.5, 0.6) is 0 Å². The number of benzene rings is 1. The Morgan fingerprint density at radius 2 is 1.77 bits per heavy atom. The highest BCUT2D eigenvalue weighted by Crippen LogP contribution is 2.07. The SMILES string of the molecule is CCOC(=O)c1ccc(CNC(=O)Nc2ccncc2)cc1. The number of hydrogen-bond donors (Lipinski definition) is 2. The summed E-state index contributed by atoms with van der Waals surface area (Å²) in [5.74, 6) is -0.350. The van der Waals surface area contributed by atoms with Gasteiger partial charge in [0, 0.05) is 24.6 Å². The lowest BCUT2D eigenvalue weighted by Gasteiger charge is -2.08. The summed E-state index contributed by atoms with van der Waals surface area (Å²) in [6.45, 7) is 2.47. The fourth-order valence-corrected chi connectivity index (χ4v) is 1.77. The zero-order valence-electron chi connectivity index (χ0n) is 12.2. The molecule has 2 amide bonds. The number of carbonyl (C=O) groups is 2. The Morgan fingerprint density at radius 3 is 2.41 bits per heavy atom. The van der Waals surface area contributed by atoms with Crippen molar-refractivity contribution in [1.82, 2.24) is 10.3 Å². The molecule has 0 saturated carbocycles. The van der Waals surface area contributed by atoms with E-state index in [1.807, 2.05) is 0 Å². The molecule has 1 aromatic heterocycles. The number of nitrogens with one attached hydrogen (secondary N) is 2. The van der Waals surface area contributed by atoms with Crippen LogP contribution in [0.25, 0.3) is 0 Å². The van der Waals surface area contributed by atoms with Gasteiger partial charge in [0.15, 0.2) is 0 Å². The van der Waals surface area contributed by atoms with Gasteiger partial charge in [0.25, 0.3) is 0 Å². The van der Waals surface area contributed by atoms with Crippen LogP contribution < -0.4 is 10.6 Å². The first-order valence-corrected chi connectivity index (χ1v) is 6.90. The van der Waals surface area contributed by atoms with Crippen LogP contribution in [0.15, 0.2) is 48.8 Å². The normalized spacial score (nSPS) is 9.86. The lowest BCUT2D eigenvalue weighted by atomic mass is 10.1. The standard InChI is InChI=1S/C16H17N3O3/c1-2-22-15(20)13-5-3-12(4-6-13)11-18-16(21)19-14-7-9-17-10-8-14/h3-10H,2,11H2,1H3,(H2,17,18,19,21). The fourth-order valence-electron chi connectivity index (χ4n) is 1.77. The highest BCUT2D eigenvalue weighted by molar-refractivity contribution is 5.90. The van der Waals surface area contributed by atoms with Crippen LogP contribution in [0.1, 0.15) is 22.8 Å². The molecule has 22 heavy (non-hydrogen) atoms. The van der Waals surface area contributed by atoms with Crippen molar-refractivity contribution in [3.8, 4) is 0 Å². The highest BCUT2D eigenvalue weighted by atomic mass is 16.5. The Kier molecular flexibility index (Phi) is 5.48. The number of anilines is 1. The van der Waals surface area contributed by atoms with Gasteiger partial charge in [-0.3, -0.25) is 4.98 Å². The summed E-state index contributed by atoms with van der Waals surface area (Å²) < 4.78 is 4.91. The lowest BCUT2D eigenvalue weighted by Crippen LogP contribution is -2.28. The summed E-state index contributed by atoms with van der Waals surface area (Å²) in [5, 5.41) is 5.43. The monoisotopic (exact) mass is 299 g/mol. The fraction of sp³-hybridized carbons (Fsp3) is 0.188. The van der Waals surface area contributed by atoms with Crippen molar-refractivity contribution < 1.29 is 14.3 Å². The Labute approximate surface area is 128 Å². The topological polar surface area (TPSA) is 80.3 Å². The van der Waals surface area contributed by atoms with Gasteiger partial charge in [0.2, 0.25) is 0 Å². The molecule has 6 heteroatoms. The van der Waals surface area contributed by atoms with Crippen LogP contribution in [0, 0.1) is 0 Å². The Morgan fingerprint density at radius 1 is 1.09 bits per heavy atom. The van der Waals surface area contributed by atoms with Crippen LogP contribution in [0.3, 0.4) is 0 Å². The van der Waals surface area contributed by atoms with Crippen molar-refractivity contribution in [3.63, 3.8) is 0 Å². The smallest absolute Gasteiger partial charge is 0.338 e. The number of amides is 2. The van der Waals surface area contributed by atoms with Gasteiger partial charge in [-0.2, -0.15) is 0 Å². The first kappa shape index (κ1) is 15.5. The van der Waals surface area contributed by atoms with Crippen molar-refractivity contribution in [2.24, 2.45) is 0 Å². The van der Waals surface area contributed by atoms with Crippen LogP contribution >= 0.6 is 0 Å². The number of rotatable bonds is 5. The van der Waals surface area contributed by atoms with Gasteiger partial charge in [-0.05, 0) is 36.8 Å². The van der Waals surface area contributed by atoms with Gasteiger partial charge in [-0.15, -0.1) is 0 Å². The number of nitrogens with zero attached hydrogens (tertiary/aromatic N) is 1. The van der Waals surface area contributed by atoms with Gasteiger partial charge >= 0.3 is 12.0 Å². The molecule has 0 aliphatic heterocycles. The van der Waals surface area contributed by atoms with Crippen LogP contribution in [-0.4, -0.2) is 23.6 Å². The van der Waals surface area contributed by atoms with E-state index in [1.165, 1.54) is 0 Å². The summed E-state index contributed by atoms with van der Waals surface area (Å²) >= 11 is 0. The van der Waals surface area contributed by atoms with Crippen molar-refractivity contribution in [2.45, 2.75) is 13.5 Å². The van der Waals surface area contributed by atoms with E-state index in [0.717, 1.165) is 5.56 Å². The molecule has 2 rings (SSSR count). The van der Waals surface area contributed by atoms with E-state index in [1.54, 1.807) is 55.7 Å². The van der Waals surface area contributed by atoms with Crippen LogP contribution in [0.2, 0.25) is 0 Å². The van der Waals surface area contributed by atoms with Gasteiger partial charge < -0.3 is 15.4 Å². The summed E-state index contributed by atoms with van der Waals surface area (Å²) in [4.78, 5) is 27.1. The molecule has 1 aromatic carbocycles. The maximum Gasteiger partial charge on any atom is 0.338 e. The second-order valence-corrected chi connectivity index (χ2v) is 4.46. The maximum atomic E-state index is 11.7. The average Bonchev–Trinajstić information content (AvgIpc) is 2.54. The molecule has 0 unspecified atom stereocenters. The minimum absolute atomic E-state index is 0.305. The predicted molar refractivity (Wildman–Crippen MR) is 82.5 cm³/mol. The molecule has 114 valence electrons. The van der Waals surface area contributed by atoms with E-state index in [2.05, 4.69) is 15.6 Å². The summed E-state index contributed by atoms with van der Waals surface area (Å²) in [6.07, 6.45) is 3.20. The Bertz CT molecular complexity index is 627. The van der Waals surface area contributed by atoms with Crippen LogP contribution in [0.4, 0.5) is 10.5 Å². The molecule has 0 aliphatic rings. The lowest BCUT2D eigenvalue weighted by molar-refractivity contribution is 0.0526. The molecule has 0 spiro atoms. The minimum Gasteiger partial charge on any atom is -0.462 e. The first-order chi connectivity index (χ1) is 10.7. The largest absolute Gasteiger partial charge is 0.462 e. The van der Waals surface area contributed by atoms with Crippen molar-refractivity contribution >= 4 is 17.7 Å². The predicted octanol–water partition coefficient (Wildman–Crippen LogP) is 2.58. The molecule has 0 aliphatic carbocycles. The summed E-state index contributed by atoms with van der Waals surface area (Å²) in [6, 6.07) is 10.0. The van der Waals surface area contributed by atoms with Gasteiger partial charge in [-0.1, -0.05) is 12.1 Å². The third kappa shape index (κ3) is 4.59. The van der Waals surface area contributed by atoms with E-state index < -0.39 is 0 Å². The number of carbonyl (C=O) groups excluding carboxylic acids is 2. The number of hydrogen-bond acceptors (Lipinski definition) is 4. The summed E-state index contributed by atoms with van der Waals surface area (Å²) in [5.41, 5.74) is 2.05. The molecule has 0 bridgehead atoms. The van der Waals surface area contributed by atoms with E-state index in [9.17, 15) is 9.59 Å². The van der Waals surface area contributed by atoms with E-state index >= 15 is 0 Å². The van der Waals surface area contributed by atoms with Crippen molar-refractivity contribution in [1.29, 1.82) is 0 Å². The van der Waals surface area contributed by atoms with Gasteiger partial charge in [-0.25, -0.2) is 9.59 Å².